The Bertz CT molecular complexity index is 1280. The van der Waals surface area contributed by atoms with E-state index in [9.17, 15) is 17.6 Å². The van der Waals surface area contributed by atoms with E-state index >= 15 is 0 Å². The first-order valence-corrected chi connectivity index (χ1v) is 11.1. The van der Waals surface area contributed by atoms with Gasteiger partial charge in [0.25, 0.3) is 0 Å². The molecular weight excluding hydrogens is 468 g/mol. The van der Waals surface area contributed by atoms with Gasteiger partial charge in [0.15, 0.2) is 0 Å². The van der Waals surface area contributed by atoms with Crippen LogP contribution in [0.3, 0.4) is 0 Å². The Balaban J connectivity index is 1.50. The molecule has 5 rings (SSSR count). The molecule has 3 aromatic heterocycles. The Kier molecular flexibility index (Phi) is 6.09. The maximum absolute atomic E-state index is 14.4. The van der Waals surface area contributed by atoms with Gasteiger partial charge in [0.1, 0.15) is 12.7 Å². The fourth-order valence-corrected chi connectivity index (χ4v) is 4.30. The number of rotatable bonds is 7. The van der Waals surface area contributed by atoms with Crippen molar-refractivity contribution in [1.82, 2.24) is 30.2 Å². The summed E-state index contributed by atoms with van der Waals surface area (Å²) in [6.45, 7) is -0.0974. The van der Waals surface area contributed by atoms with Crippen LogP contribution in [-0.4, -0.2) is 63.4 Å². The molecule has 1 aliphatic heterocycles. The Labute approximate surface area is 197 Å². The number of aromatic nitrogens is 5. The van der Waals surface area contributed by atoms with E-state index in [4.69, 9.17) is 4.52 Å². The first-order chi connectivity index (χ1) is 16.8. The highest BCUT2D eigenvalue weighted by Crippen LogP contribution is 2.35. The van der Waals surface area contributed by atoms with E-state index in [1.54, 1.807) is 48.6 Å². The van der Waals surface area contributed by atoms with Crippen LogP contribution in [0.5, 0.6) is 0 Å². The van der Waals surface area contributed by atoms with Crippen molar-refractivity contribution >= 4 is 22.3 Å². The average molecular weight is 492 g/mol. The maximum Gasteiger partial charge on any atom is 0.406 e. The van der Waals surface area contributed by atoms with Crippen molar-refractivity contribution in [3.8, 4) is 11.5 Å². The van der Waals surface area contributed by atoms with Crippen molar-refractivity contribution in [3.05, 3.63) is 42.5 Å². The minimum absolute atomic E-state index is 0.0391. The van der Waals surface area contributed by atoms with Crippen molar-refractivity contribution in [2.45, 2.75) is 37.9 Å². The highest BCUT2D eigenvalue weighted by atomic mass is 19.4. The third kappa shape index (κ3) is 4.94. The third-order valence-corrected chi connectivity index (χ3v) is 6.03. The number of fused-ring (bicyclic) bond motifs is 1. The molecule has 1 aromatic carbocycles. The zero-order chi connectivity index (χ0) is 24.6. The molecule has 186 valence electrons. The lowest BCUT2D eigenvalue weighted by atomic mass is 10.0. The number of halogens is 4. The summed E-state index contributed by atoms with van der Waals surface area (Å²) in [6, 6.07) is 6.13. The summed E-state index contributed by atoms with van der Waals surface area (Å²) in [5, 5.41) is 17.3. The highest BCUT2D eigenvalue weighted by molar-refractivity contribution is 5.96. The van der Waals surface area contributed by atoms with Crippen molar-refractivity contribution < 1.29 is 22.1 Å². The standard InChI is InChI=1S/C22H24F4N8O/c1-33(13-8-28-29-9-13)11-20-31-21(32-35-20)19-7-14-16(30-17-5-6-27-10-15(17)23)3-2-4-18(14)34(19)12-22(24,25)26/h2-4,7-9,15,17,27,30H,5-6,10-12H2,1H3,(H,28,29)/t15-,17+/m1/s1. The van der Waals surface area contributed by atoms with Crippen LogP contribution in [0.1, 0.15) is 12.3 Å². The van der Waals surface area contributed by atoms with Gasteiger partial charge in [-0.3, -0.25) is 5.10 Å². The van der Waals surface area contributed by atoms with Crippen LogP contribution in [0.4, 0.5) is 28.9 Å². The Morgan fingerprint density at radius 1 is 1.31 bits per heavy atom. The van der Waals surface area contributed by atoms with Crippen LogP contribution < -0.4 is 15.5 Å². The molecule has 0 amide bonds. The second kappa shape index (κ2) is 9.21. The zero-order valence-corrected chi connectivity index (χ0v) is 18.8. The Morgan fingerprint density at radius 2 is 2.17 bits per heavy atom. The normalized spacial score (nSPS) is 18.8. The van der Waals surface area contributed by atoms with Crippen LogP contribution in [0, 0.1) is 0 Å². The largest absolute Gasteiger partial charge is 0.406 e. The summed E-state index contributed by atoms with van der Waals surface area (Å²) in [4.78, 5) is 6.15. The molecule has 1 fully saturated rings. The number of aromatic amines is 1. The van der Waals surface area contributed by atoms with Gasteiger partial charge in [-0.25, -0.2) is 4.39 Å². The number of H-pyrrole nitrogens is 1. The number of alkyl halides is 4. The topological polar surface area (TPSA) is 99.8 Å². The van der Waals surface area contributed by atoms with Gasteiger partial charge in [-0.15, -0.1) is 0 Å². The minimum Gasteiger partial charge on any atom is -0.379 e. The molecule has 3 N–H and O–H groups in total. The van der Waals surface area contributed by atoms with Crippen LogP contribution >= 0.6 is 0 Å². The van der Waals surface area contributed by atoms with E-state index in [0.29, 0.717) is 29.6 Å². The number of piperidine rings is 1. The summed E-state index contributed by atoms with van der Waals surface area (Å²) in [6.07, 6.45) is -1.71. The molecule has 4 aromatic rings. The molecule has 0 saturated carbocycles. The first-order valence-electron chi connectivity index (χ1n) is 11.1. The van der Waals surface area contributed by atoms with E-state index in [2.05, 4.69) is 31.0 Å². The van der Waals surface area contributed by atoms with Gasteiger partial charge in [0, 0.05) is 30.9 Å². The van der Waals surface area contributed by atoms with Crippen LogP contribution in [-0.2, 0) is 13.1 Å². The highest BCUT2D eigenvalue weighted by Gasteiger charge is 2.32. The van der Waals surface area contributed by atoms with Crippen molar-refractivity contribution in [2.24, 2.45) is 0 Å². The molecule has 0 unspecified atom stereocenters. The van der Waals surface area contributed by atoms with Crippen molar-refractivity contribution in [1.29, 1.82) is 0 Å². The number of anilines is 2. The third-order valence-electron chi connectivity index (χ3n) is 6.03. The zero-order valence-electron chi connectivity index (χ0n) is 18.8. The second-order valence-corrected chi connectivity index (χ2v) is 8.55. The molecule has 0 bridgehead atoms. The van der Waals surface area contributed by atoms with Crippen LogP contribution in [0.25, 0.3) is 22.4 Å². The molecule has 35 heavy (non-hydrogen) atoms. The number of hydrogen-bond acceptors (Lipinski definition) is 7. The lowest BCUT2D eigenvalue weighted by Crippen LogP contribution is -2.45. The molecule has 0 radical (unpaired) electrons. The van der Waals surface area contributed by atoms with Crippen molar-refractivity contribution in [2.75, 3.05) is 30.4 Å². The van der Waals surface area contributed by atoms with Gasteiger partial charge in [-0.05, 0) is 31.2 Å². The van der Waals surface area contributed by atoms with Gasteiger partial charge < -0.3 is 24.6 Å². The van der Waals surface area contributed by atoms with Gasteiger partial charge in [-0.1, -0.05) is 11.2 Å². The first kappa shape index (κ1) is 23.1. The van der Waals surface area contributed by atoms with E-state index in [-0.39, 0.29) is 30.5 Å². The molecule has 0 aliphatic carbocycles. The van der Waals surface area contributed by atoms with Gasteiger partial charge in [-0.2, -0.15) is 23.3 Å². The Morgan fingerprint density at radius 3 is 2.91 bits per heavy atom. The number of benzene rings is 1. The maximum atomic E-state index is 14.4. The summed E-state index contributed by atoms with van der Waals surface area (Å²) in [5.74, 6) is 0.276. The fraction of sp³-hybridized carbons (Fsp3) is 0.409. The molecule has 13 heteroatoms. The van der Waals surface area contributed by atoms with Crippen molar-refractivity contribution in [3.63, 3.8) is 0 Å². The van der Waals surface area contributed by atoms with Crippen LogP contribution in [0.2, 0.25) is 0 Å². The molecule has 1 aliphatic rings. The molecule has 2 atom stereocenters. The predicted octanol–water partition coefficient (Wildman–Crippen LogP) is 3.73. The molecule has 4 heterocycles. The molecular formula is C22H24F4N8O. The molecule has 0 spiro atoms. The van der Waals surface area contributed by atoms with Crippen LogP contribution in [0.15, 0.2) is 41.2 Å². The van der Waals surface area contributed by atoms with Gasteiger partial charge >= 0.3 is 6.18 Å². The minimum atomic E-state index is -4.47. The molecule has 9 nitrogen and oxygen atoms in total. The summed E-state index contributed by atoms with van der Waals surface area (Å²) in [7, 11) is 1.80. The van der Waals surface area contributed by atoms with E-state index in [1.165, 1.54) is 0 Å². The number of nitrogens with zero attached hydrogens (tertiary/aromatic N) is 5. The summed E-state index contributed by atoms with van der Waals surface area (Å²) in [5.41, 5.74) is 1.85. The fourth-order valence-electron chi connectivity index (χ4n) is 4.30. The summed E-state index contributed by atoms with van der Waals surface area (Å²) < 4.78 is 61.4. The van der Waals surface area contributed by atoms with E-state index < -0.39 is 24.9 Å². The molecule has 1 saturated heterocycles. The smallest absolute Gasteiger partial charge is 0.379 e. The average Bonchev–Trinajstić information content (AvgIpc) is 3.55. The lowest BCUT2D eigenvalue weighted by molar-refractivity contribution is -0.139. The van der Waals surface area contributed by atoms with E-state index in [1.807, 2.05) is 0 Å². The SMILES string of the molecule is CN(Cc1nc(-c2cc3c(N[C@H]4CCNC[C@H]4F)cccc3n2CC(F)(F)F)no1)c1cn[nH]c1. The quantitative estimate of drug-likeness (QED) is 0.338. The van der Waals surface area contributed by atoms with E-state index in [0.717, 1.165) is 10.3 Å². The predicted molar refractivity (Wildman–Crippen MR) is 122 cm³/mol. The monoisotopic (exact) mass is 492 g/mol. The van der Waals surface area contributed by atoms with Gasteiger partial charge in [0.05, 0.1) is 35.7 Å². The number of hydrogen-bond donors (Lipinski definition) is 3. The lowest BCUT2D eigenvalue weighted by Gasteiger charge is -2.28. The summed E-state index contributed by atoms with van der Waals surface area (Å²) >= 11 is 0. The Hall–Kier alpha value is -3.61. The second-order valence-electron chi connectivity index (χ2n) is 8.55. The number of nitrogens with one attached hydrogen (secondary N) is 3. The van der Waals surface area contributed by atoms with Gasteiger partial charge in [0.2, 0.25) is 11.7 Å².